The van der Waals surface area contributed by atoms with E-state index >= 15 is 0 Å². The molecular weight excluding hydrogens is 316 g/mol. The minimum atomic E-state index is -0.185. The highest BCUT2D eigenvalue weighted by Gasteiger charge is 2.28. The second-order valence-electron chi connectivity index (χ2n) is 6.99. The van der Waals surface area contributed by atoms with Crippen molar-refractivity contribution in [2.75, 3.05) is 26.2 Å². The number of likely N-dealkylation sites (tertiary alicyclic amines) is 1. The van der Waals surface area contributed by atoms with Gasteiger partial charge in [-0.2, -0.15) is 0 Å². The second kappa shape index (κ2) is 9.78. The summed E-state index contributed by atoms with van der Waals surface area (Å²) in [4.78, 5) is 14.4. The molecule has 0 radical (unpaired) electrons. The van der Waals surface area contributed by atoms with E-state index in [4.69, 9.17) is 9.47 Å². The quantitative estimate of drug-likeness (QED) is 0.858. The first-order chi connectivity index (χ1) is 12.3. The highest BCUT2D eigenvalue weighted by atomic mass is 16.6. The van der Waals surface area contributed by atoms with Crippen molar-refractivity contribution in [2.24, 2.45) is 0 Å². The number of rotatable bonds is 6. The first kappa shape index (κ1) is 18.2. The van der Waals surface area contributed by atoms with Gasteiger partial charge in [0.15, 0.2) is 0 Å². The fraction of sp³-hybridized carbons (Fsp3) is 0.650. The molecule has 0 unspecified atom stereocenters. The molecule has 1 aromatic rings. The predicted octanol–water partition coefficient (Wildman–Crippen LogP) is 3.34. The third-order valence-corrected chi connectivity index (χ3v) is 5.16. The molecule has 1 atom stereocenters. The van der Waals surface area contributed by atoms with Gasteiger partial charge in [-0.3, -0.25) is 0 Å². The van der Waals surface area contributed by atoms with Crippen LogP contribution < -0.4 is 5.32 Å². The van der Waals surface area contributed by atoms with Crippen LogP contribution in [-0.4, -0.2) is 49.4 Å². The van der Waals surface area contributed by atoms with Crippen molar-refractivity contribution in [1.29, 1.82) is 0 Å². The van der Waals surface area contributed by atoms with Crippen LogP contribution in [0.3, 0.4) is 0 Å². The highest BCUT2D eigenvalue weighted by molar-refractivity contribution is 5.68. The molecule has 138 valence electrons. The van der Waals surface area contributed by atoms with E-state index < -0.39 is 0 Å². The third-order valence-electron chi connectivity index (χ3n) is 5.16. The van der Waals surface area contributed by atoms with E-state index in [1.54, 1.807) is 0 Å². The fourth-order valence-corrected chi connectivity index (χ4v) is 3.68. The molecule has 2 saturated heterocycles. The van der Waals surface area contributed by atoms with Crippen LogP contribution in [0.1, 0.15) is 44.1 Å². The van der Waals surface area contributed by atoms with E-state index in [0.717, 1.165) is 63.9 Å². The van der Waals surface area contributed by atoms with Crippen molar-refractivity contribution in [1.82, 2.24) is 10.2 Å². The minimum absolute atomic E-state index is 0.185. The largest absolute Gasteiger partial charge is 0.445 e. The molecule has 5 nitrogen and oxygen atoms in total. The molecule has 0 bridgehead atoms. The summed E-state index contributed by atoms with van der Waals surface area (Å²) in [5, 5.41) is 3.35. The Morgan fingerprint density at radius 3 is 2.72 bits per heavy atom. The number of amides is 1. The first-order valence-corrected chi connectivity index (χ1v) is 9.62. The molecule has 1 N–H and O–H groups in total. The number of nitrogens with one attached hydrogen (secondary N) is 1. The van der Waals surface area contributed by atoms with Crippen LogP contribution in [0.4, 0.5) is 4.79 Å². The van der Waals surface area contributed by atoms with Crippen molar-refractivity contribution < 1.29 is 14.3 Å². The molecule has 25 heavy (non-hydrogen) atoms. The lowest BCUT2D eigenvalue weighted by atomic mass is 10.00. The number of ether oxygens (including phenoxy) is 2. The highest BCUT2D eigenvalue weighted by Crippen LogP contribution is 2.21. The summed E-state index contributed by atoms with van der Waals surface area (Å²) >= 11 is 0. The summed E-state index contributed by atoms with van der Waals surface area (Å²) in [6.07, 6.45) is 6.58. The Bertz CT molecular complexity index is 517. The van der Waals surface area contributed by atoms with Gasteiger partial charge in [-0.05, 0) is 57.2 Å². The lowest BCUT2D eigenvalue weighted by Gasteiger charge is -2.35. The Hall–Kier alpha value is -1.59. The van der Waals surface area contributed by atoms with Crippen LogP contribution in [0, 0.1) is 0 Å². The lowest BCUT2D eigenvalue weighted by molar-refractivity contribution is 0.0121. The van der Waals surface area contributed by atoms with Gasteiger partial charge in [-0.15, -0.1) is 0 Å². The summed E-state index contributed by atoms with van der Waals surface area (Å²) in [7, 11) is 0. The normalized spacial score (nSPS) is 21.9. The Morgan fingerprint density at radius 2 is 1.92 bits per heavy atom. The number of piperidine rings is 2. The zero-order valence-corrected chi connectivity index (χ0v) is 15.0. The van der Waals surface area contributed by atoms with Crippen molar-refractivity contribution >= 4 is 6.09 Å². The van der Waals surface area contributed by atoms with Gasteiger partial charge in [-0.1, -0.05) is 30.3 Å². The molecule has 2 fully saturated rings. The smallest absolute Gasteiger partial charge is 0.410 e. The van der Waals surface area contributed by atoms with Crippen molar-refractivity contribution in [2.45, 2.75) is 57.3 Å². The van der Waals surface area contributed by atoms with Crippen LogP contribution in [0.2, 0.25) is 0 Å². The zero-order valence-electron chi connectivity index (χ0n) is 15.0. The number of nitrogens with zero attached hydrogens (tertiary/aromatic N) is 1. The van der Waals surface area contributed by atoms with Gasteiger partial charge in [-0.25, -0.2) is 4.79 Å². The average Bonchev–Trinajstić information content (AvgIpc) is 2.68. The topological polar surface area (TPSA) is 50.8 Å². The third kappa shape index (κ3) is 5.72. The molecule has 1 amide bonds. The molecule has 0 spiro atoms. The van der Waals surface area contributed by atoms with Crippen LogP contribution in [0.5, 0.6) is 0 Å². The molecule has 2 heterocycles. The van der Waals surface area contributed by atoms with E-state index in [2.05, 4.69) is 5.32 Å². The van der Waals surface area contributed by atoms with Crippen molar-refractivity contribution in [3.05, 3.63) is 35.9 Å². The second-order valence-corrected chi connectivity index (χ2v) is 6.99. The van der Waals surface area contributed by atoms with Crippen LogP contribution in [-0.2, 0) is 16.1 Å². The maximum atomic E-state index is 12.5. The standard InChI is InChI=1S/C20H30N2O3/c23-20(25-16-17-6-2-1-3-7-17)22-14-5-4-8-18(22)11-15-24-19-9-12-21-13-10-19/h1-3,6-7,18-19,21H,4-5,8-16H2/t18-/m1/s1. The molecule has 0 saturated carbocycles. The number of benzene rings is 1. The van der Waals surface area contributed by atoms with Gasteiger partial charge in [0, 0.05) is 19.2 Å². The molecule has 2 aliphatic rings. The number of hydrogen-bond donors (Lipinski definition) is 1. The Kier molecular flexibility index (Phi) is 7.12. The summed E-state index contributed by atoms with van der Waals surface area (Å²) < 4.78 is 11.6. The summed E-state index contributed by atoms with van der Waals surface area (Å²) in [5.41, 5.74) is 1.03. The van der Waals surface area contributed by atoms with Crippen LogP contribution in [0.15, 0.2) is 30.3 Å². The summed E-state index contributed by atoms with van der Waals surface area (Å²) in [5.74, 6) is 0. The molecule has 1 aromatic carbocycles. The predicted molar refractivity (Wildman–Crippen MR) is 97.4 cm³/mol. The fourth-order valence-electron chi connectivity index (χ4n) is 3.68. The number of hydrogen-bond acceptors (Lipinski definition) is 4. The summed E-state index contributed by atoms with van der Waals surface area (Å²) in [6.45, 7) is 3.97. The maximum Gasteiger partial charge on any atom is 0.410 e. The van der Waals surface area contributed by atoms with Gasteiger partial charge >= 0.3 is 6.09 Å². The molecule has 2 aliphatic heterocycles. The van der Waals surface area contributed by atoms with Gasteiger partial charge in [0.1, 0.15) is 6.61 Å². The van der Waals surface area contributed by atoms with Crippen molar-refractivity contribution in [3.63, 3.8) is 0 Å². The van der Waals surface area contributed by atoms with Gasteiger partial charge in [0.05, 0.1) is 6.10 Å². The molecule has 0 aromatic heterocycles. The van der Waals surface area contributed by atoms with E-state index in [1.165, 1.54) is 6.42 Å². The molecule has 0 aliphatic carbocycles. The van der Waals surface area contributed by atoms with Gasteiger partial charge in [0.25, 0.3) is 0 Å². The maximum absolute atomic E-state index is 12.5. The van der Waals surface area contributed by atoms with E-state index in [-0.39, 0.29) is 12.1 Å². The number of carbonyl (C=O) groups is 1. The zero-order chi connectivity index (χ0) is 17.3. The van der Waals surface area contributed by atoms with Gasteiger partial charge < -0.3 is 19.7 Å². The van der Waals surface area contributed by atoms with Crippen molar-refractivity contribution in [3.8, 4) is 0 Å². The molecule has 3 rings (SSSR count). The summed E-state index contributed by atoms with van der Waals surface area (Å²) in [6, 6.07) is 10.1. The minimum Gasteiger partial charge on any atom is -0.445 e. The lowest BCUT2D eigenvalue weighted by Crippen LogP contribution is -2.44. The molecule has 5 heteroatoms. The Labute approximate surface area is 150 Å². The molecular formula is C20H30N2O3. The first-order valence-electron chi connectivity index (χ1n) is 9.62. The monoisotopic (exact) mass is 346 g/mol. The number of carbonyl (C=O) groups excluding carboxylic acids is 1. The van der Waals surface area contributed by atoms with E-state index in [1.807, 2.05) is 35.2 Å². The van der Waals surface area contributed by atoms with Crippen LogP contribution in [0.25, 0.3) is 0 Å². The van der Waals surface area contributed by atoms with Crippen LogP contribution >= 0.6 is 0 Å². The van der Waals surface area contributed by atoms with Gasteiger partial charge in [0.2, 0.25) is 0 Å². The Balaban J connectivity index is 1.43. The average molecular weight is 346 g/mol. The Morgan fingerprint density at radius 1 is 1.12 bits per heavy atom. The van der Waals surface area contributed by atoms with E-state index in [0.29, 0.717) is 12.7 Å². The van der Waals surface area contributed by atoms with E-state index in [9.17, 15) is 4.79 Å². The SMILES string of the molecule is O=C(OCc1ccccc1)N1CCCC[C@@H]1CCOC1CCNCC1.